The first kappa shape index (κ1) is 12.5. The van der Waals surface area contributed by atoms with Gasteiger partial charge in [-0.05, 0) is 19.4 Å². The van der Waals surface area contributed by atoms with Crippen LogP contribution in [0.25, 0.3) is 0 Å². The van der Waals surface area contributed by atoms with Gasteiger partial charge in [0, 0.05) is 24.8 Å². The normalized spacial score (nSPS) is 12.4. The Kier molecular flexibility index (Phi) is 3.58. The number of hydrogen-bond acceptors (Lipinski definition) is 3. The first-order valence-corrected chi connectivity index (χ1v) is 5.90. The smallest absolute Gasteiger partial charge is 0.253 e. The van der Waals surface area contributed by atoms with Gasteiger partial charge in [-0.1, -0.05) is 29.3 Å². The van der Waals surface area contributed by atoms with Crippen LogP contribution in [0.4, 0.5) is 0 Å². The quantitative estimate of drug-likeness (QED) is 0.890. The van der Waals surface area contributed by atoms with Crippen LogP contribution in [-0.2, 0) is 6.54 Å². The minimum absolute atomic E-state index is 0.0789. The summed E-state index contributed by atoms with van der Waals surface area (Å²) in [5.41, 5.74) is 9.47. The zero-order chi connectivity index (χ0) is 13.1. The molecule has 1 heterocycles. The Morgan fingerprint density at radius 2 is 1.94 bits per heavy atom. The van der Waals surface area contributed by atoms with E-state index in [1.54, 1.807) is 0 Å². The molecule has 18 heavy (non-hydrogen) atoms. The second-order valence-electron chi connectivity index (χ2n) is 4.60. The first-order valence-electron chi connectivity index (χ1n) is 5.90. The van der Waals surface area contributed by atoms with Crippen LogP contribution in [0.1, 0.15) is 22.7 Å². The van der Waals surface area contributed by atoms with Crippen molar-refractivity contribution in [3.05, 3.63) is 63.8 Å². The molecule has 2 rings (SSSR count). The number of nitrogens with two attached hydrogens (primary N) is 1. The van der Waals surface area contributed by atoms with E-state index >= 15 is 0 Å². The highest BCUT2D eigenvalue weighted by molar-refractivity contribution is 5.30. The van der Waals surface area contributed by atoms with Crippen molar-refractivity contribution in [3.8, 4) is 0 Å². The van der Waals surface area contributed by atoms with E-state index < -0.39 is 0 Å². The number of benzene rings is 1. The SMILES string of the molecule is Cc1cc(C)cc(C(N)Cn2cnccc2=O)c1. The zero-order valence-electron chi connectivity index (χ0n) is 10.6. The summed E-state index contributed by atoms with van der Waals surface area (Å²) in [4.78, 5) is 15.5. The molecule has 2 aromatic rings. The molecule has 0 saturated heterocycles. The number of nitrogens with zero attached hydrogens (tertiary/aromatic N) is 2. The van der Waals surface area contributed by atoms with Crippen LogP contribution in [0.2, 0.25) is 0 Å². The molecule has 0 saturated carbocycles. The van der Waals surface area contributed by atoms with Crippen LogP contribution in [0.5, 0.6) is 0 Å². The Hall–Kier alpha value is -1.94. The van der Waals surface area contributed by atoms with E-state index in [0.717, 1.165) is 5.56 Å². The monoisotopic (exact) mass is 243 g/mol. The Labute approximate surface area is 106 Å². The molecule has 1 atom stereocenters. The van der Waals surface area contributed by atoms with E-state index in [2.05, 4.69) is 23.2 Å². The third-order valence-corrected chi connectivity index (χ3v) is 2.86. The molecule has 2 N–H and O–H groups in total. The maximum absolute atomic E-state index is 11.6. The van der Waals surface area contributed by atoms with E-state index in [-0.39, 0.29) is 11.6 Å². The van der Waals surface area contributed by atoms with Crippen molar-refractivity contribution in [1.29, 1.82) is 0 Å². The third-order valence-electron chi connectivity index (χ3n) is 2.86. The van der Waals surface area contributed by atoms with Crippen molar-refractivity contribution in [2.75, 3.05) is 0 Å². The van der Waals surface area contributed by atoms with E-state index in [9.17, 15) is 4.79 Å². The lowest BCUT2D eigenvalue weighted by Gasteiger charge is -2.14. The number of hydrogen-bond donors (Lipinski definition) is 1. The highest BCUT2D eigenvalue weighted by Gasteiger charge is 2.08. The van der Waals surface area contributed by atoms with E-state index in [4.69, 9.17) is 5.73 Å². The fraction of sp³-hybridized carbons (Fsp3) is 0.286. The van der Waals surface area contributed by atoms with Gasteiger partial charge in [0.05, 0.1) is 6.33 Å². The number of aromatic nitrogens is 2. The fourth-order valence-electron chi connectivity index (χ4n) is 2.06. The van der Waals surface area contributed by atoms with E-state index in [0.29, 0.717) is 6.54 Å². The summed E-state index contributed by atoms with van der Waals surface area (Å²) in [6.07, 6.45) is 3.01. The molecule has 94 valence electrons. The molecule has 0 aliphatic heterocycles. The predicted octanol–water partition coefficient (Wildman–Crippen LogP) is 1.56. The summed E-state index contributed by atoms with van der Waals surface area (Å²) < 4.78 is 1.53. The highest BCUT2D eigenvalue weighted by Crippen LogP contribution is 2.16. The van der Waals surface area contributed by atoms with Crippen LogP contribution < -0.4 is 11.3 Å². The van der Waals surface area contributed by atoms with Crippen molar-refractivity contribution in [2.24, 2.45) is 5.73 Å². The van der Waals surface area contributed by atoms with Gasteiger partial charge < -0.3 is 5.73 Å². The summed E-state index contributed by atoms with van der Waals surface area (Å²) in [6, 6.07) is 7.45. The Bertz CT molecular complexity index is 584. The molecule has 0 spiro atoms. The largest absolute Gasteiger partial charge is 0.322 e. The van der Waals surface area contributed by atoms with Crippen LogP contribution >= 0.6 is 0 Å². The maximum atomic E-state index is 11.6. The Morgan fingerprint density at radius 3 is 2.56 bits per heavy atom. The summed E-state index contributed by atoms with van der Waals surface area (Å²) in [5.74, 6) is 0. The van der Waals surface area contributed by atoms with Gasteiger partial charge in [0.15, 0.2) is 0 Å². The van der Waals surface area contributed by atoms with Crippen molar-refractivity contribution < 1.29 is 0 Å². The van der Waals surface area contributed by atoms with Gasteiger partial charge >= 0.3 is 0 Å². The van der Waals surface area contributed by atoms with Gasteiger partial charge in [0.25, 0.3) is 5.56 Å². The van der Waals surface area contributed by atoms with Gasteiger partial charge in [0.1, 0.15) is 0 Å². The molecule has 1 aromatic carbocycles. The topological polar surface area (TPSA) is 60.9 Å². The third kappa shape index (κ3) is 2.84. The minimum atomic E-state index is -0.203. The molecule has 0 amide bonds. The van der Waals surface area contributed by atoms with Crippen LogP contribution in [0, 0.1) is 13.8 Å². The summed E-state index contributed by atoms with van der Waals surface area (Å²) >= 11 is 0. The van der Waals surface area contributed by atoms with Crippen LogP contribution in [-0.4, -0.2) is 9.55 Å². The van der Waals surface area contributed by atoms with E-state index in [1.807, 2.05) is 13.8 Å². The second kappa shape index (κ2) is 5.14. The van der Waals surface area contributed by atoms with Gasteiger partial charge in [-0.15, -0.1) is 0 Å². The Morgan fingerprint density at radius 1 is 1.28 bits per heavy atom. The first-order chi connectivity index (χ1) is 8.56. The lowest BCUT2D eigenvalue weighted by Crippen LogP contribution is -2.26. The zero-order valence-corrected chi connectivity index (χ0v) is 10.6. The summed E-state index contributed by atoms with van der Waals surface area (Å²) in [6.45, 7) is 4.52. The lowest BCUT2D eigenvalue weighted by atomic mass is 10.0. The maximum Gasteiger partial charge on any atom is 0.253 e. The molecular weight excluding hydrogens is 226 g/mol. The number of rotatable bonds is 3. The molecule has 0 radical (unpaired) electrons. The molecule has 0 aliphatic rings. The molecular formula is C14H17N3O. The van der Waals surface area contributed by atoms with Gasteiger partial charge in [-0.3, -0.25) is 9.36 Å². The van der Waals surface area contributed by atoms with Crippen molar-refractivity contribution in [2.45, 2.75) is 26.4 Å². The predicted molar refractivity (Wildman–Crippen MR) is 71.3 cm³/mol. The van der Waals surface area contributed by atoms with Crippen molar-refractivity contribution in [3.63, 3.8) is 0 Å². The standard InChI is InChI=1S/C14H17N3O/c1-10-5-11(2)7-12(6-10)13(15)8-17-9-16-4-3-14(17)18/h3-7,9,13H,8,15H2,1-2H3. The summed E-state index contributed by atoms with van der Waals surface area (Å²) in [7, 11) is 0. The van der Waals surface area contributed by atoms with Crippen LogP contribution in [0.3, 0.4) is 0 Å². The van der Waals surface area contributed by atoms with Crippen molar-refractivity contribution in [1.82, 2.24) is 9.55 Å². The number of aryl methyl sites for hydroxylation is 2. The highest BCUT2D eigenvalue weighted by atomic mass is 16.1. The molecule has 0 aliphatic carbocycles. The summed E-state index contributed by atoms with van der Waals surface area (Å²) in [5, 5.41) is 0. The Balaban J connectivity index is 2.24. The van der Waals surface area contributed by atoms with Gasteiger partial charge in [0.2, 0.25) is 0 Å². The lowest BCUT2D eigenvalue weighted by molar-refractivity contribution is 0.553. The van der Waals surface area contributed by atoms with Gasteiger partial charge in [-0.2, -0.15) is 0 Å². The average molecular weight is 243 g/mol. The van der Waals surface area contributed by atoms with Crippen LogP contribution in [0.15, 0.2) is 41.6 Å². The molecule has 1 aromatic heterocycles. The molecule has 0 bridgehead atoms. The molecule has 4 nitrogen and oxygen atoms in total. The molecule has 0 fully saturated rings. The van der Waals surface area contributed by atoms with Crippen molar-refractivity contribution >= 4 is 0 Å². The average Bonchev–Trinajstić information content (AvgIpc) is 2.31. The minimum Gasteiger partial charge on any atom is -0.322 e. The fourth-order valence-corrected chi connectivity index (χ4v) is 2.06. The molecule has 1 unspecified atom stereocenters. The second-order valence-corrected chi connectivity index (χ2v) is 4.60. The molecule has 4 heteroatoms. The van der Waals surface area contributed by atoms with E-state index in [1.165, 1.54) is 34.3 Å². The van der Waals surface area contributed by atoms with Gasteiger partial charge in [-0.25, -0.2) is 4.98 Å².